The van der Waals surface area contributed by atoms with Crippen molar-refractivity contribution in [2.75, 3.05) is 53.8 Å². The average molecular weight is 571 g/mol. The molecule has 0 saturated carbocycles. The number of hydrogen-bond acceptors (Lipinski definition) is 6. The number of thioether (sulfide) groups is 1. The predicted molar refractivity (Wildman–Crippen MR) is 180 cm³/mol. The molecular weight excluding hydrogens is 500 g/mol. The third-order valence-corrected chi connectivity index (χ3v) is 2.79. The minimum Gasteiger partial charge on any atom is -0.388 e. The molecular formula is C31H70O4S2. The Bertz CT molecular complexity index is 361. The molecule has 0 aromatic heterocycles. The molecule has 0 heterocycles. The molecule has 37 heavy (non-hydrogen) atoms. The van der Waals surface area contributed by atoms with E-state index >= 15 is 0 Å². The van der Waals surface area contributed by atoms with Gasteiger partial charge in [-0.25, -0.2) is 4.89 Å². The van der Waals surface area contributed by atoms with E-state index in [1.807, 2.05) is 63.6 Å². The maximum atomic E-state index is 4.54. The summed E-state index contributed by atoms with van der Waals surface area (Å²) in [5.74, 6) is 0.884. The maximum absolute atomic E-state index is 4.54. The molecule has 6 heteroatoms. The Kier molecular flexibility index (Phi) is 128. The zero-order valence-electron chi connectivity index (χ0n) is 28.4. The van der Waals surface area contributed by atoms with Crippen molar-refractivity contribution in [3.63, 3.8) is 0 Å². The minimum atomic E-state index is 0.819. The molecule has 0 aliphatic carbocycles. The second-order valence-electron chi connectivity index (χ2n) is 7.33. The van der Waals surface area contributed by atoms with Gasteiger partial charge in [0.2, 0.25) is 0 Å². The van der Waals surface area contributed by atoms with E-state index in [4.69, 9.17) is 0 Å². The van der Waals surface area contributed by atoms with Gasteiger partial charge in [0.05, 0.1) is 7.11 Å². The summed E-state index contributed by atoms with van der Waals surface area (Å²) < 4.78 is 13.0. The molecule has 4 nitrogen and oxygen atoms in total. The van der Waals surface area contributed by atoms with Crippen LogP contribution in [0.3, 0.4) is 0 Å². The van der Waals surface area contributed by atoms with Crippen LogP contribution in [0.25, 0.3) is 0 Å². The van der Waals surface area contributed by atoms with Gasteiger partial charge in [-0.2, -0.15) is 16.1 Å². The van der Waals surface area contributed by atoms with Crippen molar-refractivity contribution in [3.8, 4) is 0 Å². The van der Waals surface area contributed by atoms with Gasteiger partial charge in [0.1, 0.15) is 0 Å². The Morgan fingerprint density at radius 2 is 1.03 bits per heavy atom. The van der Waals surface area contributed by atoms with E-state index in [1.165, 1.54) is 44.0 Å². The molecule has 0 N–H and O–H groups in total. The smallest absolute Gasteiger partial charge is 0.0725 e. The first-order valence-corrected chi connectivity index (χ1v) is 16.0. The van der Waals surface area contributed by atoms with Gasteiger partial charge in [-0.15, -0.1) is 0 Å². The van der Waals surface area contributed by atoms with Crippen LogP contribution in [0, 0.1) is 12.8 Å². The summed E-state index contributed by atoms with van der Waals surface area (Å²) >= 11 is 2.93. The van der Waals surface area contributed by atoms with E-state index in [0.717, 1.165) is 12.5 Å². The predicted octanol–water partition coefficient (Wildman–Crippen LogP) is 11.2. The molecule has 0 unspecified atom stereocenters. The monoisotopic (exact) mass is 570 g/mol. The standard InChI is InChI=1S/C7H8.C5H12.C4H8.C3H8O.2C3H8.C2H6O2S.C2H6O.C2H6S/c1-7-5-3-2-4-6-7;1-4-5(2)3;2*1-3-4-2;2*1-3-2;1-3-4-5-2;2*1-3-2/h2-6H,1H3;5H,4H2,1-3H3;3-4H,1-2H3;3H2,1-2H3;2*3H2,1-2H3;1-2H3;2*1-2H3. The molecule has 0 radical (unpaired) electrons. The van der Waals surface area contributed by atoms with Gasteiger partial charge >= 0.3 is 0 Å². The fourth-order valence-electron chi connectivity index (χ4n) is 0.602. The summed E-state index contributed by atoms with van der Waals surface area (Å²) in [6, 6.07) is 10.3. The first kappa shape index (κ1) is 56.6. The van der Waals surface area contributed by atoms with Gasteiger partial charge in [-0.05, 0) is 46.1 Å². The van der Waals surface area contributed by atoms with Crippen molar-refractivity contribution in [2.45, 2.75) is 95.4 Å². The van der Waals surface area contributed by atoms with Gasteiger partial charge in [0.15, 0.2) is 0 Å². The van der Waals surface area contributed by atoms with E-state index in [2.05, 4.69) is 86.2 Å². The summed E-state index contributed by atoms with van der Waals surface area (Å²) in [4.78, 5) is 4.15. The average Bonchev–Trinajstić information content (AvgIpc) is 2.88. The quantitative estimate of drug-likeness (QED) is 0.155. The first-order valence-electron chi connectivity index (χ1n) is 13.2. The molecule has 0 saturated heterocycles. The van der Waals surface area contributed by atoms with Crippen molar-refractivity contribution < 1.29 is 18.7 Å². The van der Waals surface area contributed by atoms with Crippen LogP contribution in [-0.4, -0.2) is 53.8 Å². The second kappa shape index (κ2) is 83.5. The molecule has 1 aromatic carbocycles. The molecule has 0 atom stereocenters. The van der Waals surface area contributed by atoms with Gasteiger partial charge in [0.25, 0.3) is 0 Å². The highest BCUT2D eigenvalue weighted by Crippen LogP contribution is 1.94. The van der Waals surface area contributed by atoms with E-state index in [1.54, 1.807) is 39.3 Å². The molecule has 0 bridgehead atoms. The van der Waals surface area contributed by atoms with Crippen LogP contribution in [0.4, 0.5) is 0 Å². The van der Waals surface area contributed by atoms with Gasteiger partial charge in [-0.3, -0.25) is 0 Å². The lowest BCUT2D eigenvalue weighted by molar-refractivity contribution is -0.159. The van der Waals surface area contributed by atoms with E-state index in [9.17, 15) is 0 Å². The number of allylic oxidation sites excluding steroid dienone is 2. The van der Waals surface area contributed by atoms with Crippen LogP contribution < -0.4 is 0 Å². The Balaban J connectivity index is -0.0000000435. The van der Waals surface area contributed by atoms with Crippen molar-refractivity contribution in [1.29, 1.82) is 0 Å². The summed E-state index contributed by atoms with van der Waals surface area (Å²) in [5, 5.41) is 0. The zero-order valence-corrected chi connectivity index (χ0v) is 30.0. The van der Waals surface area contributed by atoms with Crippen LogP contribution >= 0.6 is 23.8 Å². The van der Waals surface area contributed by atoms with Crippen molar-refractivity contribution in [1.82, 2.24) is 0 Å². The highest BCUT2D eigenvalue weighted by atomic mass is 32.2. The third kappa shape index (κ3) is 219. The molecule has 1 aromatic rings. The Hall–Kier alpha value is -0.500. The Morgan fingerprint density at radius 3 is 1.08 bits per heavy atom. The van der Waals surface area contributed by atoms with Gasteiger partial charge in [-0.1, -0.05) is 116 Å². The van der Waals surface area contributed by atoms with Gasteiger partial charge in [0, 0.05) is 46.2 Å². The maximum Gasteiger partial charge on any atom is 0.0725 e. The molecule has 1 rings (SSSR count). The van der Waals surface area contributed by atoms with Crippen LogP contribution in [-0.2, 0) is 18.7 Å². The van der Waals surface area contributed by atoms with Crippen LogP contribution in [0.15, 0.2) is 42.5 Å². The van der Waals surface area contributed by atoms with Crippen molar-refractivity contribution in [2.24, 2.45) is 5.92 Å². The highest BCUT2D eigenvalue weighted by molar-refractivity contribution is 7.97. The fourth-order valence-corrected chi connectivity index (χ4v) is 0.739. The van der Waals surface area contributed by atoms with Crippen LogP contribution in [0.5, 0.6) is 0 Å². The number of rotatable bonds is 4. The number of methoxy groups -OCH3 is 2. The summed E-state index contributed by atoms with van der Waals surface area (Å²) in [6.45, 7) is 24.0. The van der Waals surface area contributed by atoms with Gasteiger partial charge < -0.3 is 9.47 Å². The molecule has 0 aliphatic rings. The normalized spacial score (nSPS) is 7.86. The second-order valence-corrected chi connectivity index (χ2v) is 8.62. The minimum absolute atomic E-state index is 0.819. The first-order chi connectivity index (χ1) is 17.6. The topological polar surface area (TPSA) is 36.9 Å². The molecule has 230 valence electrons. The number of hydrogen-bond donors (Lipinski definition) is 0. The third-order valence-electron chi connectivity index (χ3n) is 2.52. The lowest BCUT2D eigenvalue weighted by atomic mass is 10.2. The van der Waals surface area contributed by atoms with Crippen molar-refractivity contribution in [3.05, 3.63) is 48.0 Å². The molecule has 0 fully saturated rings. The number of ether oxygens (including phenoxy) is 2. The molecule has 0 aliphatic heterocycles. The highest BCUT2D eigenvalue weighted by Gasteiger charge is 1.80. The lowest BCUT2D eigenvalue weighted by Crippen LogP contribution is -1.77. The summed E-state index contributed by atoms with van der Waals surface area (Å²) in [5.41, 5.74) is 1.32. The number of aryl methyl sites for hydroxylation is 1. The summed E-state index contributed by atoms with van der Waals surface area (Å²) in [7, 11) is 6.40. The van der Waals surface area contributed by atoms with Crippen molar-refractivity contribution >= 4 is 23.8 Å². The fraction of sp³-hybridized carbons (Fsp3) is 0.742. The van der Waals surface area contributed by atoms with E-state index < -0.39 is 0 Å². The Labute approximate surface area is 245 Å². The molecule has 0 amide bonds. The zero-order chi connectivity index (χ0) is 31.2. The summed E-state index contributed by atoms with van der Waals surface area (Å²) in [6.07, 6.45) is 13.7. The lowest BCUT2D eigenvalue weighted by Gasteiger charge is -1.90. The Morgan fingerprint density at radius 1 is 0.757 bits per heavy atom. The van der Waals surface area contributed by atoms with Crippen LogP contribution in [0.1, 0.15) is 94.1 Å². The largest absolute Gasteiger partial charge is 0.388 e. The molecule has 0 spiro atoms. The number of benzene rings is 1. The van der Waals surface area contributed by atoms with E-state index in [0.29, 0.717) is 0 Å². The SMILES string of the molecule is CC=CC.CCC.CCC.CCC(C)C.CCOC.COC.COOSC.CSC.Cc1ccccc1. The van der Waals surface area contributed by atoms with E-state index in [-0.39, 0.29) is 0 Å². The van der Waals surface area contributed by atoms with Crippen LogP contribution in [0.2, 0.25) is 0 Å².